The number of amides is 1. The standard InChI is InChI=1S/C14H18N2O6S/c1-3-4-9-22-11-5-7-12(8-6-11)23(20,21)16-13(10(2)17)14(18)15-19/h5-8,10,13,16-17,19H,9H2,1-2H3,(H,15,18)/t10-,13?/m0/s1. The molecule has 0 aliphatic heterocycles. The normalized spacial score (nSPS) is 13.4. The Bertz CT molecular complexity index is 688. The quantitative estimate of drug-likeness (QED) is 0.304. The van der Waals surface area contributed by atoms with Gasteiger partial charge < -0.3 is 9.84 Å². The predicted molar refractivity (Wildman–Crippen MR) is 81.1 cm³/mol. The maximum atomic E-state index is 12.2. The minimum Gasteiger partial charge on any atom is -0.481 e. The smallest absolute Gasteiger partial charge is 0.264 e. The monoisotopic (exact) mass is 342 g/mol. The number of carbonyl (C=O) groups is 1. The molecule has 1 amide bonds. The van der Waals surface area contributed by atoms with Crippen molar-refractivity contribution in [3.05, 3.63) is 24.3 Å². The van der Waals surface area contributed by atoms with E-state index in [2.05, 4.69) is 11.8 Å². The molecule has 0 aromatic heterocycles. The van der Waals surface area contributed by atoms with Crippen molar-refractivity contribution >= 4 is 15.9 Å². The van der Waals surface area contributed by atoms with Gasteiger partial charge in [0.2, 0.25) is 10.0 Å². The van der Waals surface area contributed by atoms with E-state index in [4.69, 9.17) is 9.94 Å². The van der Waals surface area contributed by atoms with Crippen molar-refractivity contribution in [2.24, 2.45) is 0 Å². The lowest BCUT2D eigenvalue weighted by Crippen LogP contribution is -2.51. The summed E-state index contributed by atoms with van der Waals surface area (Å²) in [5.74, 6) is 4.73. The highest BCUT2D eigenvalue weighted by Gasteiger charge is 2.29. The number of nitrogens with one attached hydrogen (secondary N) is 2. The van der Waals surface area contributed by atoms with Gasteiger partial charge in [-0.2, -0.15) is 4.72 Å². The lowest BCUT2D eigenvalue weighted by atomic mass is 10.2. The van der Waals surface area contributed by atoms with Crippen molar-refractivity contribution in [1.29, 1.82) is 0 Å². The molecule has 1 aromatic rings. The summed E-state index contributed by atoms with van der Waals surface area (Å²) in [6.45, 7) is 3.07. The van der Waals surface area contributed by atoms with Crippen LogP contribution in [0.15, 0.2) is 29.2 Å². The number of sulfonamides is 1. The van der Waals surface area contributed by atoms with Gasteiger partial charge in [-0.15, -0.1) is 5.92 Å². The van der Waals surface area contributed by atoms with Crippen LogP contribution < -0.4 is 14.9 Å². The molecule has 0 aliphatic rings. The van der Waals surface area contributed by atoms with Crippen LogP contribution in [0.25, 0.3) is 0 Å². The Morgan fingerprint density at radius 1 is 1.35 bits per heavy atom. The molecule has 0 bridgehead atoms. The largest absolute Gasteiger partial charge is 0.481 e. The lowest BCUT2D eigenvalue weighted by Gasteiger charge is -2.19. The number of hydrogen-bond donors (Lipinski definition) is 4. The van der Waals surface area contributed by atoms with Gasteiger partial charge in [-0.3, -0.25) is 10.0 Å². The fourth-order valence-corrected chi connectivity index (χ4v) is 2.85. The molecule has 0 aliphatic carbocycles. The minimum absolute atomic E-state index is 0.122. The maximum Gasteiger partial charge on any atom is 0.264 e. The Balaban J connectivity index is 2.90. The second-order valence-corrected chi connectivity index (χ2v) is 6.22. The van der Waals surface area contributed by atoms with Crippen molar-refractivity contribution in [2.45, 2.75) is 30.9 Å². The second kappa shape index (κ2) is 8.50. The highest BCUT2D eigenvalue weighted by molar-refractivity contribution is 7.89. The van der Waals surface area contributed by atoms with Crippen LogP contribution in [-0.4, -0.2) is 43.4 Å². The Kier molecular flexibility index (Phi) is 6.99. The SMILES string of the molecule is CC#CCOc1ccc(S(=O)(=O)NC(C(=O)NO)[C@H](C)O)cc1. The van der Waals surface area contributed by atoms with Crippen LogP contribution >= 0.6 is 0 Å². The van der Waals surface area contributed by atoms with E-state index in [1.165, 1.54) is 36.7 Å². The van der Waals surface area contributed by atoms with Gasteiger partial charge in [-0.25, -0.2) is 13.9 Å². The van der Waals surface area contributed by atoms with Crippen LogP contribution in [0.3, 0.4) is 0 Å². The zero-order valence-corrected chi connectivity index (χ0v) is 13.4. The van der Waals surface area contributed by atoms with Crippen LogP contribution in [0.2, 0.25) is 0 Å². The minimum atomic E-state index is -4.07. The van der Waals surface area contributed by atoms with Crippen molar-refractivity contribution < 1.29 is 28.3 Å². The van der Waals surface area contributed by atoms with E-state index in [0.29, 0.717) is 5.75 Å². The molecule has 126 valence electrons. The molecular weight excluding hydrogens is 324 g/mol. The van der Waals surface area contributed by atoms with E-state index < -0.39 is 28.1 Å². The summed E-state index contributed by atoms with van der Waals surface area (Å²) in [6, 6.07) is 3.92. The molecule has 0 heterocycles. The number of hydrogen-bond acceptors (Lipinski definition) is 6. The first-order valence-electron chi connectivity index (χ1n) is 6.58. The van der Waals surface area contributed by atoms with Crippen LogP contribution in [0.1, 0.15) is 13.8 Å². The molecule has 0 saturated carbocycles. The van der Waals surface area contributed by atoms with Crippen molar-refractivity contribution in [3.8, 4) is 17.6 Å². The number of ether oxygens (including phenoxy) is 1. The Morgan fingerprint density at radius 2 is 1.96 bits per heavy atom. The molecule has 0 radical (unpaired) electrons. The van der Waals surface area contributed by atoms with Gasteiger partial charge in [0.15, 0.2) is 0 Å². The molecule has 1 unspecified atom stereocenters. The van der Waals surface area contributed by atoms with Crippen LogP contribution in [0, 0.1) is 11.8 Å². The highest BCUT2D eigenvalue weighted by atomic mass is 32.2. The molecule has 0 spiro atoms. The van der Waals surface area contributed by atoms with E-state index in [1.807, 2.05) is 4.72 Å². The molecule has 0 saturated heterocycles. The van der Waals surface area contributed by atoms with Crippen LogP contribution in [0.5, 0.6) is 5.75 Å². The topological polar surface area (TPSA) is 125 Å². The molecule has 2 atom stereocenters. The highest BCUT2D eigenvalue weighted by Crippen LogP contribution is 2.16. The Hall–Kier alpha value is -2.12. The maximum absolute atomic E-state index is 12.2. The first kappa shape index (κ1) is 18.9. The van der Waals surface area contributed by atoms with E-state index in [-0.39, 0.29) is 11.5 Å². The van der Waals surface area contributed by atoms with Gasteiger partial charge in [0, 0.05) is 0 Å². The average Bonchev–Trinajstić information content (AvgIpc) is 2.52. The Morgan fingerprint density at radius 3 is 2.43 bits per heavy atom. The second-order valence-electron chi connectivity index (χ2n) is 4.50. The number of benzene rings is 1. The van der Waals surface area contributed by atoms with Gasteiger partial charge in [0.25, 0.3) is 5.91 Å². The summed E-state index contributed by atoms with van der Waals surface area (Å²) >= 11 is 0. The molecule has 4 N–H and O–H groups in total. The van der Waals surface area contributed by atoms with E-state index >= 15 is 0 Å². The molecule has 23 heavy (non-hydrogen) atoms. The fourth-order valence-electron chi connectivity index (χ4n) is 1.58. The summed E-state index contributed by atoms with van der Waals surface area (Å²) in [6.07, 6.45) is -1.34. The first-order valence-corrected chi connectivity index (χ1v) is 8.07. The average molecular weight is 342 g/mol. The summed E-state index contributed by atoms with van der Waals surface area (Å²) < 4.78 is 31.7. The molecular formula is C14H18N2O6S. The third kappa shape index (κ3) is 5.54. The van der Waals surface area contributed by atoms with Gasteiger partial charge >= 0.3 is 0 Å². The number of hydroxylamine groups is 1. The third-order valence-corrected chi connectivity index (χ3v) is 4.24. The zero-order chi connectivity index (χ0) is 17.5. The van der Waals surface area contributed by atoms with Crippen LogP contribution in [-0.2, 0) is 14.8 Å². The van der Waals surface area contributed by atoms with E-state index in [0.717, 1.165) is 0 Å². The number of aliphatic hydroxyl groups excluding tert-OH is 1. The summed E-state index contributed by atoms with van der Waals surface area (Å²) in [5, 5.41) is 18.0. The van der Waals surface area contributed by atoms with E-state index in [9.17, 15) is 18.3 Å². The van der Waals surface area contributed by atoms with Gasteiger partial charge in [-0.05, 0) is 38.1 Å². The van der Waals surface area contributed by atoms with Gasteiger partial charge in [0.1, 0.15) is 18.4 Å². The fraction of sp³-hybridized carbons (Fsp3) is 0.357. The van der Waals surface area contributed by atoms with Crippen molar-refractivity contribution in [3.63, 3.8) is 0 Å². The molecule has 1 aromatic carbocycles. The van der Waals surface area contributed by atoms with Crippen molar-refractivity contribution in [2.75, 3.05) is 6.61 Å². The first-order chi connectivity index (χ1) is 10.8. The van der Waals surface area contributed by atoms with Crippen LogP contribution in [0.4, 0.5) is 0 Å². The third-order valence-electron chi connectivity index (χ3n) is 2.78. The molecule has 8 nitrogen and oxygen atoms in total. The Labute approximate surface area is 134 Å². The number of rotatable bonds is 7. The predicted octanol–water partition coefficient (Wildman–Crippen LogP) is -0.378. The van der Waals surface area contributed by atoms with Crippen molar-refractivity contribution in [1.82, 2.24) is 10.2 Å². The summed E-state index contributed by atoms with van der Waals surface area (Å²) in [5.41, 5.74) is 1.30. The zero-order valence-electron chi connectivity index (χ0n) is 12.6. The van der Waals surface area contributed by atoms with E-state index in [1.54, 1.807) is 6.92 Å². The van der Waals surface area contributed by atoms with Gasteiger partial charge in [0.05, 0.1) is 11.0 Å². The molecule has 0 fully saturated rings. The summed E-state index contributed by atoms with van der Waals surface area (Å²) in [7, 11) is -4.07. The summed E-state index contributed by atoms with van der Waals surface area (Å²) in [4.78, 5) is 11.3. The number of carbonyl (C=O) groups excluding carboxylic acids is 1. The van der Waals surface area contributed by atoms with Gasteiger partial charge in [-0.1, -0.05) is 5.92 Å². The number of aliphatic hydroxyl groups is 1. The molecule has 9 heteroatoms. The lowest BCUT2D eigenvalue weighted by molar-refractivity contribution is -0.133. The molecule has 1 rings (SSSR count).